The van der Waals surface area contributed by atoms with Gasteiger partial charge in [0.05, 0.1) is 39.5 Å². The minimum Gasteiger partial charge on any atom is -0.872 e. The zero-order chi connectivity index (χ0) is 27.8. The summed E-state index contributed by atoms with van der Waals surface area (Å²) in [6.45, 7) is 13.6. The van der Waals surface area contributed by atoms with E-state index in [2.05, 4.69) is 25.8 Å². The van der Waals surface area contributed by atoms with Crippen molar-refractivity contribution in [3.63, 3.8) is 0 Å². The fourth-order valence-corrected chi connectivity index (χ4v) is 5.33. The maximum Gasteiger partial charge on any atom is 0.354 e. The van der Waals surface area contributed by atoms with Crippen LogP contribution in [0.4, 0.5) is 0 Å². The van der Waals surface area contributed by atoms with Gasteiger partial charge in [0.2, 0.25) is 5.78 Å². The Morgan fingerprint density at radius 1 is 1.16 bits per heavy atom. The van der Waals surface area contributed by atoms with Gasteiger partial charge in [0, 0.05) is 11.3 Å². The van der Waals surface area contributed by atoms with Crippen molar-refractivity contribution >= 4 is 23.4 Å². The van der Waals surface area contributed by atoms with Gasteiger partial charge in [-0.2, -0.15) is 0 Å². The minimum absolute atomic E-state index is 0.0782. The van der Waals surface area contributed by atoms with Crippen LogP contribution >= 0.6 is 0 Å². The monoisotopic (exact) mass is 523 g/mol. The molecule has 204 valence electrons. The lowest BCUT2D eigenvalue weighted by Gasteiger charge is -2.30. The van der Waals surface area contributed by atoms with E-state index in [-0.39, 0.29) is 22.2 Å². The van der Waals surface area contributed by atoms with Crippen molar-refractivity contribution in [1.82, 2.24) is 9.88 Å². The van der Waals surface area contributed by atoms with Gasteiger partial charge in [-0.1, -0.05) is 50.8 Å². The first kappa shape index (κ1) is 27.6. The Bertz CT molecular complexity index is 1260. The molecule has 1 aromatic heterocycles. The van der Waals surface area contributed by atoms with Gasteiger partial charge >= 0.3 is 5.97 Å². The van der Waals surface area contributed by atoms with Crippen LogP contribution in [0.3, 0.4) is 0 Å². The minimum atomic E-state index is -0.813. The van der Waals surface area contributed by atoms with Gasteiger partial charge < -0.3 is 29.4 Å². The summed E-state index contributed by atoms with van der Waals surface area (Å²) in [6.07, 6.45) is 0. The van der Waals surface area contributed by atoms with Gasteiger partial charge in [-0.05, 0) is 41.5 Å². The number of nitrogens with zero attached hydrogens (tertiary/aromatic N) is 1. The van der Waals surface area contributed by atoms with Crippen LogP contribution in [0.1, 0.15) is 65.2 Å². The van der Waals surface area contributed by atoms with Crippen LogP contribution in [0.15, 0.2) is 29.8 Å². The molecular weight excluding hydrogens is 486 g/mol. The summed E-state index contributed by atoms with van der Waals surface area (Å²) in [6, 6.07) is 6.95. The Kier molecular flexibility index (Phi) is 7.80. The molecule has 1 atom stereocenters. The first-order valence-corrected chi connectivity index (χ1v) is 13.0. The van der Waals surface area contributed by atoms with Crippen molar-refractivity contribution in [2.45, 2.75) is 46.1 Å². The number of likely N-dealkylation sites (tertiary alicyclic amines) is 1. The summed E-state index contributed by atoms with van der Waals surface area (Å²) in [4.78, 5) is 44.8. The van der Waals surface area contributed by atoms with E-state index in [1.54, 1.807) is 13.8 Å². The predicted octanol–water partition coefficient (Wildman–Crippen LogP) is 0.855. The average Bonchev–Trinajstić information content (AvgIpc) is 3.33. The molecule has 2 saturated heterocycles. The number of quaternary nitrogens is 1. The van der Waals surface area contributed by atoms with Crippen LogP contribution in [0.2, 0.25) is 0 Å². The number of aryl methyl sites for hydroxylation is 1. The number of esters is 1. The zero-order valence-electron chi connectivity index (χ0n) is 23.0. The second-order valence-electron chi connectivity index (χ2n) is 11.1. The molecule has 1 unspecified atom stereocenters. The number of hydrogen-bond acceptors (Lipinski definition) is 6. The SMILES string of the molecule is COC(=O)c1[nH]c(C)c(C([O-])=C2C(=O)C(=O)N(CC[NH+]3CCOCC3)C2c2ccc(C(C)(C)C)cc2)c1C. The molecule has 0 bridgehead atoms. The first-order chi connectivity index (χ1) is 18.0. The molecule has 4 rings (SSSR count). The molecule has 0 saturated carbocycles. The average molecular weight is 524 g/mol. The number of nitrogens with one attached hydrogen (secondary N) is 2. The van der Waals surface area contributed by atoms with Gasteiger partial charge in [-0.15, -0.1) is 0 Å². The van der Waals surface area contributed by atoms with E-state index in [9.17, 15) is 19.5 Å². The van der Waals surface area contributed by atoms with Crippen molar-refractivity contribution in [3.05, 3.63) is 63.5 Å². The van der Waals surface area contributed by atoms with E-state index in [4.69, 9.17) is 9.47 Å². The van der Waals surface area contributed by atoms with E-state index in [1.807, 2.05) is 24.3 Å². The number of benzene rings is 1. The molecule has 38 heavy (non-hydrogen) atoms. The fraction of sp³-hybridized carbons (Fsp3) is 0.483. The number of methoxy groups -OCH3 is 1. The number of aromatic amines is 1. The lowest BCUT2D eigenvalue weighted by molar-refractivity contribution is -0.907. The van der Waals surface area contributed by atoms with Crippen molar-refractivity contribution in [3.8, 4) is 0 Å². The Morgan fingerprint density at radius 3 is 2.37 bits per heavy atom. The third-order valence-corrected chi connectivity index (χ3v) is 7.58. The molecule has 2 aromatic rings. The summed E-state index contributed by atoms with van der Waals surface area (Å²) >= 11 is 0. The fourth-order valence-electron chi connectivity index (χ4n) is 5.33. The molecule has 9 nitrogen and oxygen atoms in total. The molecule has 0 radical (unpaired) electrons. The molecule has 2 aliphatic heterocycles. The second-order valence-corrected chi connectivity index (χ2v) is 11.1. The Morgan fingerprint density at radius 2 is 1.79 bits per heavy atom. The van der Waals surface area contributed by atoms with Gasteiger partial charge in [-0.25, -0.2) is 4.79 Å². The number of carbonyl (C=O) groups is 3. The molecule has 0 aliphatic carbocycles. The maximum atomic E-state index is 14.0. The molecule has 2 aliphatic rings. The maximum absolute atomic E-state index is 14.0. The largest absolute Gasteiger partial charge is 0.872 e. The number of H-pyrrole nitrogens is 1. The van der Waals surface area contributed by atoms with E-state index in [0.717, 1.165) is 18.7 Å². The predicted molar refractivity (Wildman–Crippen MR) is 140 cm³/mol. The number of ether oxygens (including phenoxy) is 2. The van der Waals surface area contributed by atoms with Crippen LogP contribution in [-0.4, -0.2) is 74.0 Å². The number of carbonyl (C=O) groups excluding carboxylic acids is 3. The molecular formula is C29H37N3O6. The van der Waals surface area contributed by atoms with Crippen LogP contribution in [0, 0.1) is 13.8 Å². The molecule has 1 amide bonds. The van der Waals surface area contributed by atoms with E-state index in [1.165, 1.54) is 16.9 Å². The van der Waals surface area contributed by atoms with Crippen molar-refractivity contribution in [2.75, 3.05) is 46.5 Å². The number of rotatable bonds is 6. The zero-order valence-corrected chi connectivity index (χ0v) is 23.0. The molecule has 9 heteroatoms. The van der Waals surface area contributed by atoms with E-state index in [0.29, 0.717) is 43.1 Å². The van der Waals surface area contributed by atoms with Crippen LogP contribution in [0.25, 0.3) is 5.76 Å². The third kappa shape index (κ3) is 5.13. The molecule has 2 N–H and O–H groups in total. The number of amides is 1. The summed E-state index contributed by atoms with van der Waals surface area (Å²) in [5.74, 6) is -2.62. The van der Waals surface area contributed by atoms with Crippen LogP contribution in [0.5, 0.6) is 0 Å². The van der Waals surface area contributed by atoms with Crippen LogP contribution in [-0.2, 0) is 24.5 Å². The number of hydrogen-bond donors (Lipinski definition) is 2. The Hall–Kier alpha value is -3.43. The number of ketones is 1. The summed E-state index contributed by atoms with van der Waals surface area (Å²) < 4.78 is 10.3. The number of aromatic nitrogens is 1. The van der Waals surface area contributed by atoms with Gasteiger partial charge in [-0.3, -0.25) is 9.59 Å². The standard InChI is InChI=1S/C29H37N3O6/c1-17-21(18(2)30-23(17)28(36)37-6)25(33)22-24(19-7-9-20(10-8-19)29(3,4)5)32(27(35)26(22)34)12-11-31-13-15-38-16-14-31/h7-10,24,30,33H,11-16H2,1-6H3. The highest BCUT2D eigenvalue weighted by Gasteiger charge is 2.45. The van der Waals surface area contributed by atoms with Crippen molar-refractivity contribution in [1.29, 1.82) is 0 Å². The van der Waals surface area contributed by atoms with Gasteiger partial charge in [0.1, 0.15) is 18.8 Å². The Balaban J connectivity index is 1.81. The highest BCUT2D eigenvalue weighted by atomic mass is 16.5. The first-order valence-electron chi connectivity index (χ1n) is 13.0. The lowest BCUT2D eigenvalue weighted by Crippen LogP contribution is -3.14. The smallest absolute Gasteiger partial charge is 0.354 e. The second kappa shape index (κ2) is 10.7. The quantitative estimate of drug-likeness (QED) is 0.251. The summed E-state index contributed by atoms with van der Waals surface area (Å²) in [5.41, 5.74) is 2.86. The third-order valence-electron chi connectivity index (χ3n) is 7.58. The van der Waals surface area contributed by atoms with Gasteiger partial charge in [0.25, 0.3) is 5.91 Å². The van der Waals surface area contributed by atoms with Gasteiger partial charge in [0.15, 0.2) is 0 Å². The summed E-state index contributed by atoms with van der Waals surface area (Å²) in [7, 11) is 1.26. The number of Topliss-reactive ketones (excluding diaryl/α,β-unsaturated/α-hetero) is 1. The highest BCUT2D eigenvalue weighted by molar-refractivity contribution is 6.46. The van der Waals surface area contributed by atoms with E-state index >= 15 is 0 Å². The molecule has 0 spiro atoms. The molecule has 1 aromatic carbocycles. The highest BCUT2D eigenvalue weighted by Crippen LogP contribution is 2.40. The molecule has 2 fully saturated rings. The number of morpholine rings is 1. The normalized spacial score (nSPS) is 20.3. The Labute approximate surface area is 223 Å². The molecule has 3 heterocycles. The topological polar surface area (TPSA) is 116 Å². The lowest BCUT2D eigenvalue weighted by atomic mass is 9.85. The van der Waals surface area contributed by atoms with Crippen molar-refractivity contribution in [2.24, 2.45) is 0 Å². The summed E-state index contributed by atoms with van der Waals surface area (Å²) in [5, 5.41) is 14.0. The van der Waals surface area contributed by atoms with Crippen LogP contribution < -0.4 is 10.0 Å². The van der Waals surface area contributed by atoms with Crippen molar-refractivity contribution < 1.29 is 33.9 Å². The van der Waals surface area contributed by atoms with E-state index < -0.39 is 29.5 Å².